The number of carbonyl (C=O) groups excluding carboxylic acids is 2. The lowest BCUT2D eigenvalue weighted by atomic mass is 10.2. The number of amides is 2. The summed E-state index contributed by atoms with van der Waals surface area (Å²) in [6.07, 6.45) is -0.371. The third-order valence-electron chi connectivity index (χ3n) is 2.55. The van der Waals surface area contributed by atoms with Crippen molar-refractivity contribution in [2.24, 2.45) is 0 Å². The highest BCUT2D eigenvalue weighted by Gasteiger charge is 2.23. The van der Waals surface area contributed by atoms with Gasteiger partial charge in [-0.25, -0.2) is 4.79 Å². The highest BCUT2D eigenvalue weighted by molar-refractivity contribution is 6.32. The van der Waals surface area contributed by atoms with Crippen LogP contribution < -0.4 is 10.2 Å². The zero-order valence-electron chi connectivity index (χ0n) is 9.85. The Bertz CT molecular complexity index is 476. The van der Waals surface area contributed by atoms with Crippen LogP contribution in [0.1, 0.15) is 6.92 Å². The van der Waals surface area contributed by atoms with Crippen molar-refractivity contribution in [1.82, 2.24) is 0 Å². The van der Waals surface area contributed by atoms with Crippen LogP contribution in [0.5, 0.6) is 0 Å². The van der Waals surface area contributed by atoms with E-state index in [1.54, 1.807) is 31.2 Å². The van der Waals surface area contributed by atoms with Gasteiger partial charge >= 0.3 is 6.09 Å². The topological polar surface area (TPSA) is 58.6 Å². The maximum Gasteiger partial charge on any atom is 0.414 e. The Kier molecular flexibility index (Phi) is 3.72. The second kappa shape index (κ2) is 5.27. The smallest absolute Gasteiger partial charge is 0.414 e. The monoisotopic (exact) mass is 268 g/mol. The minimum absolute atomic E-state index is 0.280. The van der Waals surface area contributed by atoms with Crippen molar-refractivity contribution in [3.63, 3.8) is 0 Å². The molecule has 0 spiro atoms. The highest BCUT2D eigenvalue weighted by Crippen LogP contribution is 2.22. The molecule has 0 saturated carbocycles. The van der Waals surface area contributed by atoms with E-state index in [-0.39, 0.29) is 12.0 Å². The van der Waals surface area contributed by atoms with Crippen LogP contribution in [0.2, 0.25) is 0 Å². The Morgan fingerprint density at radius 1 is 1.56 bits per heavy atom. The van der Waals surface area contributed by atoms with Gasteiger partial charge in [-0.05, 0) is 25.1 Å². The van der Waals surface area contributed by atoms with Crippen LogP contribution in [0.25, 0.3) is 0 Å². The molecule has 96 valence electrons. The molecule has 1 aliphatic rings. The molecule has 1 aromatic rings. The number of anilines is 2. The molecule has 2 amide bonds. The lowest BCUT2D eigenvalue weighted by molar-refractivity contribution is -0.115. The van der Waals surface area contributed by atoms with Crippen molar-refractivity contribution in [3.05, 3.63) is 24.3 Å². The number of halogens is 1. The van der Waals surface area contributed by atoms with Crippen LogP contribution >= 0.6 is 11.6 Å². The maximum absolute atomic E-state index is 11.5. The van der Waals surface area contributed by atoms with Crippen LogP contribution in [-0.4, -0.2) is 30.5 Å². The maximum atomic E-state index is 11.5. The molecule has 0 radical (unpaired) electrons. The van der Waals surface area contributed by atoms with Crippen LogP contribution in [0, 0.1) is 0 Å². The van der Waals surface area contributed by atoms with Gasteiger partial charge in [0, 0.05) is 11.4 Å². The Morgan fingerprint density at radius 2 is 2.33 bits per heavy atom. The average molecular weight is 269 g/mol. The van der Waals surface area contributed by atoms with E-state index >= 15 is 0 Å². The Hall–Kier alpha value is -1.75. The molecule has 1 heterocycles. The molecule has 0 aliphatic carbocycles. The molecule has 1 aliphatic heterocycles. The van der Waals surface area contributed by atoms with Crippen molar-refractivity contribution in [2.75, 3.05) is 23.4 Å². The van der Waals surface area contributed by atoms with Gasteiger partial charge < -0.3 is 10.1 Å². The number of carbonyl (C=O) groups is 2. The molecular formula is C12H13ClN2O3. The molecule has 1 unspecified atom stereocenters. The summed E-state index contributed by atoms with van der Waals surface area (Å²) >= 11 is 5.67. The SMILES string of the molecule is CC(Cl)C(=O)Nc1cccc(N2CCOC2=O)c1. The average Bonchev–Trinajstić information content (AvgIpc) is 2.75. The van der Waals surface area contributed by atoms with Crippen molar-refractivity contribution >= 4 is 35.0 Å². The summed E-state index contributed by atoms with van der Waals surface area (Å²) in [5, 5.41) is 2.06. The van der Waals surface area contributed by atoms with E-state index in [1.807, 2.05) is 0 Å². The van der Waals surface area contributed by atoms with Gasteiger partial charge in [-0.2, -0.15) is 0 Å². The van der Waals surface area contributed by atoms with E-state index in [1.165, 1.54) is 4.90 Å². The van der Waals surface area contributed by atoms with E-state index in [4.69, 9.17) is 16.3 Å². The van der Waals surface area contributed by atoms with Gasteiger partial charge in [0.1, 0.15) is 12.0 Å². The van der Waals surface area contributed by atoms with Crippen LogP contribution in [-0.2, 0) is 9.53 Å². The summed E-state index contributed by atoms with van der Waals surface area (Å²) < 4.78 is 4.86. The summed E-state index contributed by atoms with van der Waals surface area (Å²) in [5.74, 6) is -0.280. The molecule has 6 heteroatoms. The first kappa shape index (κ1) is 12.7. The number of cyclic esters (lactones) is 1. The van der Waals surface area contributed by atoms with Gasteiger partial charge in [0.25, 0.3) is 0 Å². The van der Waals surface area contributed by atoms with Crippen LogP contribution in [0.15, 0.2) is 24.3 Å². The number of nitrogens with one attached hydrogen (secondary N) is 1. The van der Waals surface area contributed by atoms with E-state index in [0.29, 0.717) is 24.5 Å². The largest absolute Gasteiger partial charge is 0.447 e. The molecule has 5 nitrogen and oxygen atoms in total. The van der Waals surface area contributed by atoms with E-state index in [2.05, 4.69) is 5.32 Å². The van der Waals surface area contributed by atoms with Gasteiger partial charge in [-0.15, -0.1) is 11.6 Å². The predicted octanol–water partition coefficient (Wildman–Crippen LogP) is 2.21. The molecule has 1 atom stereocenters. The van der Waals surface area contributed by atoms with Gasteiger partial charge in [0.2, 0.25) is 5.91 Å². The van der Waals surface area contributed by atoms with Gasteiger partial charge in [0.05, 0.1) is 6.54 Å². The number of ether oxygens (including phenoxy) is 1. The molecule has 0 aromatic heterocycles. The second-order valence-electron chi connectivity index (χ2n) is 3.92. The Balaban J connectivity index is 2.15. The van der Waals surface area contributed by atoms with E-state index < -0.39 is 5.38 Å². The van der Waals surface area contributed by atoms with Gasteiger partial charge in [0.15, 0.2) is 0 Å². The molecule has 1 saturated heterocycles. The minimum Gasteiger partial charge on any atom is -0.447 e. The van der Waals surface area contributed by atoms with Gasteiger partial charge in [-0.3, -0.25) is 9.69 Å². The van der Waals surface area contributed by atoms with Crippen LogP contribution in [0.3, 0.4) is 0 Å². The summed E-state index contributed by atoms with van der Waals surface area (Å²) in [6.45, 7) is 2.49. The minimum atomic E-state index is -0.606. The lowest BCUT2D eigenvalue weighted by Crippen LogP contribution is -2.24. The second-order valence-corrected chi connectivity index (χ2v) is 4.58. The van der Waals surface area contributed by atoms with Crippen LogP contribution in [0.4, 0.5) is 16.2 Å². The third-order valence-corrected chi connectivity index (χ3v) is 2.75. The fourth-order valence-electron chi connectivity index (χ4n) is 1.62. The lowest BCUT2D eigenvalue weighted by Gasteiger charge is -2.14. The molecule has 1 N–H and O–H groups in total. The molecular weight excluding hydrogens is 256 g/mol. The van der Waals surface area contributed by atoms with E-state index in [0.717, 1.165) is 0 Å². The van der Waals surface area contributed by atoms with Crippen molar-refractivity contribution < 1.29 is 14.3 Å². The number of benzene rings is 1. The van der Waals surface area contributed by atoms with Crippen molar-refractivity contribution in [2.45, 2.75) is 12.3 Å². The number of rotatable bonds is 3. The summed E-state index contributed by atoms with van der Waals surface area (Å²) in [6, 6.07) is 6.99. The molecule has 0 bridgehead atoms. The highest BCUT2D eigenvalue weighted by atomic mass is 35.5. The predicted molar refractivity (Wildman–Crippen MR) is 69.1 cm³/mol. The Labute approximate surface area is 110 Å². The number of alkyl halides is 1. The zero-order chi connectivity index (χ0) is 13.1. The number of hydrogen-bond donors (Lipinski definition) is 1. The first-order valence-corrected chi connectivity index (χ1v) is 6.01. The quantitative estimate of drug-likeness (QED) is 0.855. The molecule has 1 fully saturated rings. The molecule has 1 aromatic carbocycles. The van der Waals surface area contributed by atoms with Gasteiger partial charge in [-0.1, -0.05) is 6.07 Å². The Morgan fingerprint density at radius 3 is 2.94 bits per heavy atom. The van der Waals surface area contributed by atoms with Crippen molar-refractivity contribution in [3.8, 4) is 0 Å². The number of hydrogen-bond acceptors (Lipinski definition) is 3. The molecule has 2 rings (SSSR count). The third kappa shape index (κ3) is 2.73. The first-order chi connectivity index (χ1) is 8.58. The summed E-state index contributed by atoms with van der Waals surface area (Å²) in [7, 11) is 0. The summed E-state index contributed by atoms with van der Waals surface area (Å²) in [4.78, 5) is 24.4. The normalized spacial score (nSPS) is 16.3. The zero-order valence-corrected chi connectivity index (χ0v) is 10.6. The standard InChI is InChI=1S/C12H13ClN2O3/c1-8(13)11(16)14-9-3-2-4-10(7-9)15-5-6-18-12(15)17/h2-4,7-8H,5-6H2,1H3,(H,14,16). The molecule has 18 heavy (non-hydrogen) atoms. The van der Waals surface area contributed by atoms with E-state index in [9.17, 15) is 9.59 Å². The van der Waals surface area contributed by atoms with Crippen molar-refractivity contribution in [1.29, 1.82) is 0 Å². The fraction of sp³-hybridized carbons (Fsp3) is 0.333. The number of nitrogens with zero attached hydrogens (tertiary/aromatic N) is 1. The summed E-state index contributed by atoms with van der Waals surface area (Å²) in [5.41, 5.74) is 1.29. The first-order valence-electron chi connectivity index (χ1n) is 5.57. The fourth-order valence-corrected chi connectivity index (χ4v) is 1.68.